The van der Waals surface area contributed by atoms with E-state index in [1.54, 1.807) is 18.2 Å². The van der Waals surface area contributed by atoms with Crippen molar-refractivity contribution in [3.05, 3.63) is 28.8 Å². The molecule has 1 aliphatic heterocycles. The Balaban J connectivity index is 2.00. The Bertz CT molecular complexity index is 567. The molecule has 0 saturated carbocycles. The SMILES string of the molecule is C[C@@H]1CCC[NH+]([C@@H](C)C(=O)Nc2ccc(C#N)c(Cl)c2)C1. The summed E-state index contributed by atoms with van der Waals surface area (Å²) in [5.74, 6) is 0.674. The maximum Gasteiger partial charge on any atom is 0.282 e. The molecule has 1 fully saturated rings. The summed E-state index contributed by atoms with van der Waals surface area (Å²) in [4.78, 5) is 13.7. The van der Waals surface area contributed by atoms with Gasteiger partial charge in [-0.1, -0.05) is 18.5 Å². The van der Waals surface area contributed by atoms with Crippen molar-refractivity contribution >= 4 is 23.2 Å². The number of halogens is 1. The van der Waals surface area contributed by atoms with E-state index in [0.29, 0.717) is 22.2 Å². The Hall–Kier alpha value is -1.57. The molecule has 1 heterocycles. The van der Waals surface area contributed by atoms with Gasteiger partial charge in [-0.05, 0) is 38.0 Å². The second-order valence-corrected chi connectivity index (χ2v) is 6.28. The third-order valence-corrected chi connectivity index (χ3v) is 4.48. The zero-order chi connectivity index (χ0) is 15.4. The summed E-state index contributed by atoms with van der Waals surface area (Å²) in [5.41, 5.74) is 1.05. The number of anilines is 1. The topological polar surface area (TPSA) is 57.3 Å². The molecule has 1 unspecified atom stereocenters. The molecule has 1 saturated heterocycles. The minimum absolute atomic E-state index is 0.000116. The number of nitrogens with one attached hydrogen (secondary N) is 2. The van der Waals surface area contributed by atoms with Crippen molar-refractivity contribution in [2.75, 3.05) is 18.4 Å². The molecule has 0 bridgehead atoms. The molecule has 1 aliphatic rings. The molecular formula is C16H21ClN3O+. The van der Waals surface area contributed by atoms with Gasteiger partial charge in [0, 0.05) is 11.6 Å². The predicted molar refractivity (Wildman–Crippen MR) is 83.4 cm³/mol. The molecule has 4 nitrogen and oxygen atoms in total. The minimum Gasteiger partial charge on any atom is -0.325 e. The molecule has 3 atom stereocenters. The molecule has 0 aromatic heterocycles. The maximum absolute atomic E-state index is 12.3. The van der Waals surface area contributed by atoms with Crippen LogP contribution in [0.15, 0.2) is 18.2 Å². The number of carbonyl (C=O) groups is 1. The van der Waals surface area contributed by atoms with Crippen LogP contribution in [0, 0.1) is 17.2 Å². The number of nitriles is 1. The van der Waals surface area contributed by atoms with Crippen LogP contribution in [0.4, 0.5) is 5.69 Å². The van der Waals surface area contributed by atoms with Gasteiger partial charge >= 0.3 is 0 Å². The van der Waals surface area contributed by atoms with Crippen molar-refractivity contribution in [1.29, 1.82) is 5.26 Å². The van der Waals surface area contributed by atoms with Gasteiger partial charge in [-0.2, -0.15) is 5.26 Å². The van der Waals surface area contributed by atoms with Gasteiger partial charge in [0.25, 0.3) is 5.91 Å². The van der Waals surface area contributed by atoms with Crippen molar-refractivity contribution in [2.24, 2.45) is 5.92 Å². The standard InChI is InChI=1S/C16H20ClN3O/c1-11-4-3-7-20(10-11)12(2)16(21)19-14-6-5-13(9-18)15(17)8-14/h5-6,8,11-12H,3-4,7,10H2,1-2H3,(H,19,21)/p+1/t11-,12+/m1/s1. The zero-order valence-electron chi connectivity index (χ0n) is 12.4. The molecule has 1 aromatic rings. The number of piperidine rings is 1. The smallest absolute Gasteiger partial charge is 0.282 e. The summed E-state index contributed by atoms with van der Waals surface area (Å²) >= 11 is 5.98. The highest BCUT2D eigenvalue weighted by Gasteiger charge is 2.29. The number of hydrogen-bond donors (Lipinski definition) is 2. The van der Waals surface area contributed by atoms with Gasteiger partial charge in [0.05, 0.1) is 23.7 Å². The van der Waals surface area contributed by atoms with Crippen LogP contribution in [0.3, 0.4) is 0 Å². The maximum atomic E-state index is 12.3. The van der Waals surface area contributed by atoms with Crippen molar-refractivity contribution in [3.63, 3.8) is 0 Å². The molecule has 21 heavy (non-hydrogen) atoms. The summed E-state index contributed by atoms with van der Waals surface area (Å²) in [5, 5.41) is 12.1. The molecule has 5 heteroatoms. The molecule has 0 spiro atoms. The first-order valence-corrected chi connectivity index (χ1v) is 7.74. The van der Waals surface area contributed by atoms with E-state index >= 15 is 0 Å². The first-order chi connectivity index (χ1) is 10.0. The van der Waals surface area contributed by atoms with Crippen LogP contribution in [0.1, 0.15) is 32.3 Å². The summed E-state index contributed by atoms with van der Waals surface area (Å²) < 4.78 is 0. The van der Waals surface area contributed by atoms with Crippen LogP contribution in [0.25, 0.3) is 0 Å². The fraction of sp³-hybridized carbons (Fsp3) is 0.500. The summed E-state index contributed by atoms with van der Waals surface area (Å²) in [6.07, 6.45) is 2.43. The van der Waals surface area contributed by atoms with Crippen LogP contribution in [0.2, 0.25) is 5.02 Å². The van der Waals surface area contributed by atoms with Crippen LogP contribution in [-0.4, -0.2) is 25.0 Å². The molecule has 1 aromatic carbocycles. The molecule has 0 radical (unpaired) electrons. The highest BCUT2D eigenvalue weighted by Crippen LogP contribution is 2.20. The normalized spacial score (nSPS) is 23.1. The highest BCUT2D eigenvalue weighted by molar-refractivity contribution is 6.32. The van der Waals surface area contributed by atoms with E-state index < -0.39 is 0 Å². The van der Waals surface area contributed by atoms with Gasteiger partial charge in [0.1, 0.15) is 6.07 Å². The van der Waals surface area contributed by atoms with Crippen molar-refractivity contribution in [1.82, 2.24) is 0 Å². The number of benzene rings is 1. The number of amides is 1. The third kappa shape index (κ3) is 3.96. The fourth-order valence-corrected chi connectivity index (χ4v) is 3.06. The lowest BCUT2D eigenvalue weighted by Crippen LogP contribution is -3.17. The second-order valence-electron chi connectivity index (χ2n) is 5.88. The van der Waals surface area contributed by atoms with Gasteiger partial charge < -0.3 is 10.2 Å². The largest absolute Gasteiger partial charge is 0.325 e. The van der Waals surface area contributed by atoms with E-state index in [1.165, 1.54) is 17.7 Å². The van der Waals surface area contributed by atoms with Gasteiger partial charge in [-0.15, -0.1) is 0 Å². The average Bonchev–Trinajstić information content (AvgIpc) is 2.46. The Morgan fingerprint density at radius 2 is 2.33 bits per heavy atom. The number of carbonyl (C=O) groups excluding carboxylic acids is 1. The lowest BCUT2D eigenvalue weighted by molar-refractivity contribution is -0.922. The molecule has 112 valence electrons. The second kappa shape index (κ2) is 6.93. The van der Waals surface area contributed by atoms with E-state index in [9.17, 15) is 4.79 Å². The zero-order valence-corrected chi connectivity index (χ0v) is 13.2. The van der Waals surface area contributed by atoms with E-state index in [4.69, 9.17) is 16.9 Å². The van der Waals surface area contributed by atoms with Crippen LogP contribution in [0.5, 0.6) is 0 Å². The number of likely N-dealkylation sites (tertiary alicyclic amines) is 1. The van der Waals surface area contributed by atoms with Crippen molar-refractivity contribution in [2.45, 2.75) is 32.7 Å². The molecule has 2 rings (SSSR count). The number of nitrogens with zero attached hydrogens (tertiary/aromatic N) is 1. The molecule has 0 aliphatic carbocycles. The van der Waals surface area contributed by atoms with Gasteiger partial charge in [0.15, 0.2) is 6.04 Å². The molecule has 1 amide bonds. The van der Waals surface area contributed by atoms with Crippen LogP contribution in [-0.2, 0) is 4.79 Å². The Morgan fingerprint density at radius 1 is 1.57 bits per heavy atom. The quantitative estimate of drug-likeness (QED) is 0.895. The number of hydrogen-bond acceptors (Lipinski definition) is 2. The van der Waals surface area contributed by atoms with E-state index in [0.717, 1.165) is 13.1 Å². The third-order valence-electron chi connectivity index (χ3n) is 4.17. The molecular weight excluding hydrogens is 286 g/mol. The fourth-order valence-electron chi connectivity index (χ4n) is 2.84. The molecule has 2 N–H and O–H groups in total. The lowest BCUT2D eigenvalue weighted by atomic mass is 9.99. The average molecular weight is 307 g/mol. The van der Waals surface area contributed by atoms with Crippen LogP contribution < -0.4 is 10.2 Å². The van der Waals surface area contributed by atoms with Gasteiger partial charge in [-0.25, -0.2) is 0 Å². The summed E-state index contributed by atoms with van der Waals surface area (Å²) in [6.45, 7) is 6.30. The summed E-state index contributed by atoms with van der Waals surface area (Å²) in [6, 6.07) is 6.88. The Labute approximate surface area is 130 Å². The highest BCUT2D eigenvalue weighted by atomic mass is 35.5. The van der Waals surface area contributed by atoms with Gasteiger partial charge in [0.2, 0.25) is 0 Å². The van der Waals surface area contributed by atoms with Gasteiger partial charge in [-0.3, -0.25) is 4.79 Å². The number of rotatable bonds is 3. The van der Waals surface area contributed by atoms with E-state index in [2.05, 4.69) is 12.2 Å². The van der Waals surface area contributed by atoms with Crippen molar-refractivity contribution in [3.8, 4) is 6.07 Å². The monoisotopic (exact) mass is 306 g/mol. The van der Waals surface area contributed by atoms with Crippen molar-refractivity contribution < 1.29 is 9.69 Å². The number of quaternary nitrogens is 1. The lowest BCUT2D eigenvalue weighted by Gasteiger charge is -2.31. The Kier molecular flexibility index (Phi) is 5.22. The first-order valence-electron chi connectivity index (χ1n) is 7.36. The predicted octanol–water partition coefficient (Wildman–Crippen LogP) is 1.85. The Morgan fingerprint density at radius 3 is 2.95 bits per heavy atom. The minimum atomic E-state index is -0.0813. The van der Waals surface area contributed by atoms with Crippen LogP contribution >= 0.6 is 11.6 Å². The summed E-state index contributed by atoms with van der Waals surface area (Å²) in [7, 11) is 0. The first kappa shape index (κ1) is 15.8. The van der Waals surface area contributed by atoms with E-state index in [1.807, 2.05) is 13.0 Å². The van der Waals surface area contributed by atoms with E-state index in [-0.39, 0.29) is 11.9 Å².